The van der Waals surface area contributed by atoms with Crippen LogP contribution in [-0.2, 0) is 9.47 Å². The number of quaternary nitrogens is 1. The van der Waals surface area contributed by atoms with Crippen molar-refractivity contribution in [2.24, 2.45) is 0 Å². The van der Waals surface area contributed by atoms with Gasteiger partial charge in [0.15, 0.2) is 0 Å². The summed E-state index contributed by atoms with van der Waals surface area (Å²) in [5, 5.41) is 9.46. The molecular formula is C8H19NO4. The topological polar surface area (TPSA) is 58.6 Å². The molecule has 0 aliphatic carbocycles. The SMILES string of the molecule is CCOCOC(=O)[O-].C[N+](C)(C)C. The van der Waals surface area contributed by atoms with Gasteiger partial charge in [-0.1, -0.05) is 0 Å². The minimum absolute atomic E-state index is 0.237. The van der Waals surface area contributed by atoms with Crippen molar-refractivity contribution in [3.05, 3.63) is 0 Å². The van der Waals surface area contributed by atoms with Crippen molar-refractivity contribution in [2.75, 3.05) is 41.6 Å². The van der Waals surface area contributed by atoms with E-state index in [0.29, 0.717) is 6.61 Å². The molecule has 0 saturated carbocycles. The van der Waals surface area contributed by atoms with E-state index >= 15 is 0 Å². The number of rotatable bonds is 3. The van der Waals surface area contributed by atoms with Crippen LogP contribution in [0, 0.1) is 0 Å². The number of hydrogen-bond donors (Lipinski definition) is 0. The molecule has 0 saturated heterocycles. The third-order valence-electron chi connectivity index (χ3n) is 0.464. The Kier molecular flexibility index (Phi) is 8.84. The molecule has 5 nitrogen and oxygen atoms in total. The van der Waals surface area contributed by atoms with Gasteiger partial charge in [-0.2, -0.15) is 0 Å². The highest BCUT2D eigenvalue weighted by Crippen LogP contribution is 1.74. The first-order chi connectivity index (χ1) is 5.77. The van der Waals surface area contributed by atoms with Gasteiger partial charge in [-0.05, 0) is 6.92 Å². The smallest absolute Gasteiger partial charge is 0.253 e. The molecular weight excluding hydrogens is 174 g/mol. The summed E-state index contributed by atoms with van der Waals surface area (Å²) in [6.07, 6.45) is -1.56. The monoisotopic (exact) mass is 193 g/mol. The molecule has 0 heterocycles. The molecule has 0 aromatic carbocycles. The van der Waals surface area contributed by atoms with Crippen LogP contribution in [0.25, 0.3) is 0 Å². The van der Waals surface area contributed by atoms with Crippen LogP contribution in [0.3, 0.4) is 0 Å². The van der Waals surface area contributed by atoms with Crippen LogP contribution < -0.4 is 5.11 Å². The number of nitrogens with zero attached hydrogens (tertiary/aromatic N) is 1. The normalized spacial score (nSPS) is 9.92. The van der Waals surface area contributed by atoms with Crippen molar-refractivity contribution < 1.29 is 23.9 Å². The minimum Gasteiger partial charge on any atom is -0.524 e. The molecule has 5 heteroatoms. The lowest BCUT2D eigenvalue weighted by Crippen LogP contribution is -2.27. The van der Waals surface area contributed by atoms with E-state index in [4.69, 9.17) is 0 Å². The molecule has 0 aromatic heterocycles. The molecule has 0 aromatic rings. The highest BCUT2D eigenvalue weighted by Gasteiger charge is 1.88. The van der Waals surface area contributed by atoms with Crippen LogP contribution in [0.1, 0.15) is 6.92 Å². The molecule has 0 radical (unpaired) electrons. The van der Waals surface area contributed by atoms with E-state index in [1.54, 1.807) is 6.92 Å². The van der Waals surface area contributed by atoms with E-state index in [1.807, 2.05) is 0 Å². The van der Waals surface area contributed by atoms with Crippen molar-refractivity contribution in [3.63, 3.8) is 0 Å². The number of carbonyl (C=O) groups is 1. The first kappa shape index (κ1) is 14.7. The van der Waals surface area contributed by atoms with E-state index in [-0.39, 0.29) is 6.79 Å². The van der Waals surface area contributed by atoms with Crippen molar-refractivity contribution in [1.82, 2.24) is 0 Å². The lowest BCUT2D eigenvalue weighted by Gasteiger charge is -2.14. The Labute approximate surface area is 79.5 Å². The van der Waals surface area contributed by atoms with Gasteiger partial charge in [0, 0.05) is 6.61 Å². The van der Waals surface area contributed by atoms with Gasteiger partial charge in [0.25, 0.3) is 6.16 Å². The van der Waals surface area contributed by atoms with Crippen molar-refractivity contribution in [1.29, 1.82) is 0 Å². The molecule has 0 unspecified atom stereocenters. The average molecular weight is 193 g/mol. The van der Waals surface area contributed by atoms with Gasteiger partial charge < -0.3 is 23.9 Å². The van der Waals surface area contributed by atoms with E-state index in [9.17, 15) is 9.90 Å². The number of ether oxygens (including phenoxy) is 2. The summed E-state index contributed by atoms with van der Waals surface area (Å²) in [6.45, 7) is 1.94. The van der Waals surface area contributed by atoms with Gasteiger partial charge in [0.05, 0.1) is 28.2 Å². The molecule has 0 aliphatic heterocycles. The Morgan fingerprint density at radius 3 is 1.92 bits per heavy atom. The Balaban J connectivity index is 0. The zero-order valence-corrected chi connectivity index (χ0v) is 8.99. The lowest BCUT2D eigenvalue weighted by molar-refractivity contribution is -0.849. The van der Waals surface area contributed by atoms with Crippen molar-refractivity contribution >= 4 is 6.16 Å². The van der Waals surface area contributed by atoms with Crippen molar-refractivity contribution in [3.8, 4) is 0 Å². The van der Waals surface area contributed by atoms with Crippen LogP contribution in [-0.4, -0.2) is 52.2 Å². The van der Waals surface area contributed by atoms with E-state index < -0.39 is 6.16 Å². The van der Waals surface area contributed by atoms with Gasteiger partial charge in [0.2, 0.25) is 0 Å². The maximum absolute atomic E-state index is 9.46. The van der Waals surface area contributed by atoms with Gasteiger partial charge in [-0.3, -0.25) is 0 Å². The first-order valence-electron chi connectivity index (χ1n) is 3.97. The molecule has 0 fully saturated rings. The maximum Gasteiger partial charge on any atom is 0.253 e. The summed E-state index contributed by atoms with van der Waals surface area (Å²) in [5.74, 6) is 0. The van der Waals surface area contributed by atoms with Crippen LogP contribution >= 0.6 is 0 Å². The summed E-state index contributed by atoms with van der Waals surface area (Å²) >= 11 is 0. The third kappa shape index (κ3) is 53.8. The Morgan fingerprint density at radius 1 is 1.31 bits per heavy atom. The lowest BCUT2D eigenvalue weighted by atomic mass is 10.8. The van der Waals surface area contributed by atoms with Gasteiger partial charge >= 0.3 is 0 Å². The fourth-order valence-corrected chi connectivity index (χ4v) is 0.173. The summed E-state index contributed by atoms with van der Waals surface area (Å²) in [7, 11) is 8.50. The summed E-state index contributed by atoms with van der Waals surface area (Å²) in [6, 6.07) is 0. The second-order valence-electron chi connectivity index (χ2n) is 3.69. The Bertz CT molecular complexity index is 125. The predicted octanol–water partition coefficient (Wildman–Crippen LogP) is -0.337. The van der Waals surface area contributed by atoms with Crippen molar-refractivity contribution in [2.45, 2.75) is 6.92 Å². The summed E-state index contributed by atoms with van der Waals surface area (Å²) < 4.78 is 9.37. The van der Waals surface area contributed by atoms with Gasteiger partial charge in [0.1, 0.15) is 6.79 Å². The molecule has 0 bridgehead atoms. The fraction of sp³-hybridized carbons (Fsp3) is 0.875. The molecule has 80 valence electrons. The minimum atomic E-state index is -1.56. The molecule has 0 spiro atoms. The fourth-order valence-electron chi connectivity index (χ4n) is 0.173. The number of carboxylic acid groups (broad SMARTS) is 1. The Hall–Kier alpha value is -0.810. The number of carbonyl (C=O) groups excluding carboxylic acids is 1. The summed E-state index contributed by atoms with van der Waals surface area (Å²) in [5.41, 5.74) is 0. The standard InChI is InChI=1S/C4H12N.C4H8O4/c1-5(2,3)4;1-2-7-3-8-4(5)6/h1-4H3;2-3H2,1H3,(H,5,6)/q+1;/p-1. The zero-order valence-electron chi connectivity index (χ0n) is 8.99. The van der Waals surface area contributed by atoms with E-state index in [2.05, 4.69) is 37.7 Å². The van der Waals surface area contributed by atoms with Gasteiger partial charge in [-0.15, -0.1) is 0 Å². The largest absolute Gasteiger partial charge is 0.524 e. The molecule has 0 rings (SSSR count). The van der Waals surface area contributed by atoms with E-state index in [1.165, 1.54) is 0 Å². The summed E-state index contributed by atoms with van der Waals surface area (Å²) in [4.78, 5) is 9.46. The second-order valence-corrected chi connectivity index (χ2v) is 3.69. The molecule has 0 amide bonds. The number of hydrogen-bond acceptors (Lipinski definition) is 4. The second kappa shape index (κ2) is 7.82. The molecule has 0 N–H and O–H groups in total. The highest BCUT2D eigenvalue weighted by molar-refractivity contribution is 5.53. The quantitative estimate of drug-likeness (QED) is 0.266. The van der Waals surface area contributed by atoms with E-state index in [0.717, 1.165) is 4.48 Å². The van der Waals surface area contributed by atoms with Gasteiger partial charge in [-0.25, -0.2) is 0 Å². The van der Waals surface area contributed by atoms with Crippen LogP contribution in [0.2, 0.25) is 0 Å². The van der Waals surface area contributed by atoms with Crippen LogP contribution in [0.4, 0.5) is 4.79 Å². The predicted molar refractivity (Wildman–Crippen MR) is 46.9 cm³/mol. The maximum atomic E-state index is 9.46. The van der Waals surface area contributed by atoms with Crippen LogP contribution in [0.5, 0.6) is 0 Å². The Morgan fingerprint density at radius 2 is 1.69 bits per heavy atom. The molecule has 0 atom stereocenters. The highest BCUT2D eigenvalue weighted by atomic mass is 16.7. The zero-order chi connectivity index (χ0) is 10.9. The molecule has 0 aliphatic rings. The van der Waals surface area contributed by atoms with Crippen LogP contribution in [0.15, 0.2) is 0 Å². The molecule has 13 heavy (non-hydrogen) atoms. The first-order valence-corrected chi connectivity index (χ1v) is 3.97. The average Bonchev–Trinajstić information content (AvgIpc) is 1.83. The third-order valence-corrected chi connectivity index (χ3v) is 0.464.